The molecule has 0 aliphatic carbocycles. The smallest absolute Gasteiger partial charge is 0.407 e. The van der Waals surface area contributed by atoms with E-state index in [2.05, 4.69) is 16.0 Å². The van der Waals surface area contributed by atoms with Gasteiger partial charge >= 0.3 is 6.09 Å². The zero-order valence-electron chi connectivity index (χ0n) is 26.2. The number of sulfonamides is 1. The molecule has 4 atom stereocenters. The second-order valence-corrected chi connectivity index (χ2v) is 13.3. The first-order chi connectivity index (χ1) is 22.3. The van der Waals surface area contributed by atoms with Crippen molar-refractivity contribution in [3.8, 4) is 0 Å². The van der Waals surface area contributed by atoms with E-state index in [1.54, 1.807) is 0 Å². The SMILES string of the molecule is CCC1CNCC(CCCc2c(F)cccc2NC(=O)C(NC(=O)OC)C(c2ccc(F)cc2)c2cc(F)cc(F)c2)N1S(C)(=O)=O. The van der Waals surface area contributed by atoms with Gasteiger partial charge in [0.2, 0.25) is 15.9 Å². The van der Waals surface area contributed by atoms with Gasteiger partial charge in [-0.2, -0.15) is 4.31 Å². The van der Waals surface area contributed by atoms with Gasteiger partial charge in [0.15, 0.2) is 0 Å². The highest BCUT2D eigenvalue weighted by molar-refractivity contribution is 7.88. The monoisotopic (exact) mass is 678 g/mol. The number of hydrogen-bond donors (Lipinski definition) is 3. The molecule has 254 valence electrons. The molecule has 0 saturated carbocycles. The summed E-state index contributed by atoms with van der Waals surface area (Å²) in [7, 11) is -2.43. The summed E-state index contributed by atoms with van der Waals surface area (Å²) in [6.45, 7) is 2.89. The van der Waals surface area contributed by atoms with Gasteiger partial charge < -0.3 is 20.7 Å². The number of rotatable bonds is 12. The van der Waals surface area contributed by atoms with Gasteiger partial charge in [-0.3, -0.25) is 4.79 Å². The summed E-state index contributed by atoms with van der Waals surface area (Å²) in [6, 6.07) is 9.45. The molecule has 9 nitrogen and oxygen atoms in total. The number of nitrogens with one attached hydrogen (secondary N) is 3. The summed E-state index contributed by atoms with van der Waals surface area (Å²) < 4.78 is 89.3. The molecule has 14 heteroatoms. The third-order valence-electron chi connectivity index (χ3n) is 8.22. The minimum atomic E-state index is -3.50. The van der Waals surface area contributed by atoms with Gasteiger partial charge in [-0.1, -0.05) is 25.1 Å². The van der Waals surface area contributed by atoms with E-state index in [0.29, 0.717) is 38.4 Å². The van der Waals surface area contributed by atoms with Crippen molar-refractivity contribution in [1.82, 2.24) is 14.9 Å². The normalized spacial score (nSPS) is 18.3. The largest absolute Gasteiger partial charge is 0.453 e. The van der Waals surface area contributed by atoms with Crippen molar-refractivity contribution < 1.29 is 40.3 Å². The highest BCUT2D eigenvalue weighted by Gasteiger charge is 2.36. The molecule has 3 N–H and O–H groups in total. The van der Waals surface area contributed by atoms with Crippen LogP contribution in [-0.2, 0) is 26.0 Å². The Morgan fingerprint density at radius 3 is 2.23 bits per heavy atom. The van der Waals surface area contributed by atoms with Crippen LogP contribution in [0.2, 0.25) is 0 Å². The lowest BCUT2D eigenvalue weighted by molar-refractivity contribution is -0.118. The van der Waals surface area contributed by atoms with Crippen LogP contribution >= 0.6 is 0 Å². The highest BCUT2D eigenvalue weighted by Crippen LogP contribution is 2.32. The third kappa shape index (κ3) is 9.08. The van der Waals surface area contributed by atoms with Crippen molar-refractivity contribution in [2.75, 3.05) is 31.8 Å². The second kappa shape index (κ2) is 15.7. The first kappa shape index (κ1) is 35.8. The average Bonchev–Trinajstić information content (AvgIpc) is 3.01. The number of piperazine rings is 1. The molecule has 0 radical (unpaired) electrons. The van der Waals surface area contributed by atoms with Crippen LogP contribution in [-0.4, -0.2) is 69.3 Å². The van der Waals surface area contributed by atoms with Crippen molar-refractivity contribution in [2.24, 2.45) is 0 Å². The number of methoxy groups -OCH3 is 1. The maximum atomic E-state index is 15.3. The van der Waals surface area contributed by atoms with Crippen LogP contribution in [0.25, 0.3) is 0 Å². The number of ether oxygens (including phenoxy) is 1. The van der Waals surface area contributed by atoms with E-state index in [1.165, 1.54) is 40.9 Å². The Kier molecular flexibility index (Phi) is 12.0. The van der Waals surface area contributed by atoms with Gasteiger partial charge in [-0.15, -0.1) is 0 Å². The van der Waals surface area contributed by atoms with Crippen LogP contribution in [0.1, 0.15) is 48.8 Å². The molecule has 4 unspecified atom stereocenters. The topological polar surface area (TPSA) is 117 Å². The number of alkyl carbamates (subject to hydrolysis) is 1. The number of hydrogen-bond acceptors (Lipinski definition) is 6. The first-order valence-electron chi connectivity index (χ1n) is 15.2. The zero-order valence-corrected chi connectivity index (χ0v) is 27.1. The fourth-order valence-corrected chi connectivity index (χ4v) is 7.62. The van der Waals surface area contributed by atoms with Gasteiger partial charge in [0.25, 0.3) is 0 Å². The third-order valence-corrected chi connectivity index (χ3v) is 9.58. The lowest BCUT2D eigenvalue weighted by Gasteiger charge is -2.40. The van der Waals surface area contributed by atoms with Crippen LogP contribution in [0.15, 0.2) is 60.7 Å². The van der Waals surface area contributed by atoms with E-state index in [4.69, 9.17) is 4.74 Å². The zero-order chi connectivity index (χ0) is 34.3. The van der Waals surface area contributed by atoms with Gasteiger partial charge in [-0.05, 0) is 73.2 Å². The maximum Gasteiger partial charge on any atom is 0.407 e. The predicted molar refractivity (Wildman–Crippen MR) is 169 cm³/mol. The molecule has 1 saturated heterocycles. The Labute approximate surface area is 271 Å². The summed E-state index contributed by atoms with van der Waals surface area (Å²) in [4.78, 5) is 26.4. The molecule has 47 heavy (non-hydrogen) atoms. The number of carbonyl (C=O) groups is 2. The van der Waals surface area contributed by atoms with Gasteiger partial charge in [-0.25, -0.2) is 30.8 Å². The minimum Gasteiger partial charge on any atom is -0.453 e. The first-order valence-corrected chi connectivity index (χ1v) is 17.0. The van der Waals surface area contributed by atoms with Crippen LogP contribution in [0.4, 0.5) is 28.0 Å². The van der Waals surface area contributed by atoms with E-state index >= 15 is 4.39 Å². The Morgan fingerprint density at radius 2 is 1.62 bits per heavy atom. The van der Waals surface area contributed by atoms with E-state index in [1.807, 2.05) is 6.92 Å². The average molecular weight is 679 g/mol. The molecular formula is C33H38F4N4O5S. The van der Waals surface area contributed by atoms with Crippen molar-refractivity contribution in [1.29, 1.82) is 0 Å². The van der Waals surface area contributed by atoms with E-state index in [9.17, 15) is 31.2 Å². The van der Waals surface area contributed by atoms with Crippen molar-refractivity contribution >= 4 is 27.7 Å². The summed E-state index contributed by atoms with van der Waals surface area (Å²) >= 11 is 0. The Hall–Kier alpha value is -4.01. The minimum absolute atomic E-state index is 0.0352. The van der Waals surface area contributed by atoms with Crippen LogP contribution in [0.3, 0.4) is 0 Å². The highest BCUT2D eigenvalue weighted by atomic mass is 32.2. The Balaban J connectivity index is 1.64. The van der Waals surface area contributed by atoms with E-state index in [0.717, 1.165) is 31.4 Å². The van der Waals surface area contributed by atoms with Gasteiger partial charge in [0.1, 0.15) is 29.3 Å². The Bertz CT molecular complexity index is 1660. The number of nitrogens with zero attached hydrogens (tertiary/aromatic N) is 1. The summed E-state index contributed by atoms with van der Waals surface area (Å²) in [5, 5.41) is 8.33. The molecule has 2 amide bonds. The number of benzene rings is 3. The molecule has 1 aliphatic heterocycles. The molecular weight excluding hydrogens is 640 g/mol. The van der Waals surface area contributed by atoms with Crippen molar-refractivity contribution in [3.05, 3.63) is 101 Å². The molecule has 0 bridgehead atoms. The molecule has 3 aromatic rings. The van der Waals surface area contributed by atoms with Gasteiger partial charge in [0, 0.05) is 48.4 Å². The van der Waals surface area contributed by atoms with Crippen LogP contribution in [0, 0.1) is 23.3 Å². The number of halogens is 4. The molecule has 1 heterocycles. The number of amides is 2. The molecule has 1 fully saturated rings. The molecule has 4 rings (SSSR count). The summed E-state index contributed by atoms with van der Waals surface area (Å²) in [6.07, 6.45) is 1.71. The Morgan fingerprint density at radius 1 is 0.957 bits per heavy atom. The lowest BCUT2D eigenvalue weighted by atomic mass is 9.84. The number of carbonyl (C=O) groups excluding carboxylic acids is 2. The van der Waals surface area contributed by atoms with Gasteiger partial charge in [0.05, 0.1) is 13.4 Å². The summed E-state index contributed by atoms with van der Waals surface area (Å²) in [5.74, 6) is -5.20. The molecule has 0 spiro atoms. The quantitative estimate of drug-likeness (QED) is 0.231. The van der Waals surface area contributed by atoms with Crippen LogP contribution < -0.4 is 16.0 Å². The van der Waals surface area contributed by atoms with E-state index in [-0.39, 0.29) is 40.9 Å². The molecule has 1 aliphatic rings. The summed E-state index contributed by atoms with van der Waals surface area (Å²) in [5.41, 5.74) is 0.444. The van der Waals surface area contributed by atoms with E-state index < -0.39 is 57.3 Å². The van der Waals surface area contributed by atoms with Crippen molar-refractivity contribution in [3.63, 3.8) is 0 Å². The standard InChI is InChI=1S/C33H38F4N4O5S/c1-4-25-18-38-19-26(41(25)47(3,44)45)7-5-8-27-28(37)9-6-10-29(27)39-32(42)31(40-33(43)46-2)30(20-11-13-22(34)14-12-20)21-15-23(35)17-24(36)16-21/h6,9-17,25-26,30-31,38H,4-5,7-8,18-19H2,1-3H3,(H,39,42)(H,40,43). The van der Waals surface area contributed by atoms with Crippen molar-refractivity contribution in [2.45, 2.75) is 56.7 Å². The fourth-order valence-electron chi connectivity index (χ4n) is 6.13. The lowest BCUT2D eigenvalue weighted by Crippen LogP contribution is -2.58. The molecule has 3 aromatic carbocycles. The second-order valence-electron chi connectivity index (χ2n) is 11.5. The predicted octanol–water partition coefficient (Wildman–Crippen LogP) is 5.07. The fraction of sp³-hybridized carbons (Fsp3) is 0.394. The van der Waals surface area contributed by atoms with Crippen LogP contribution in [0.5, 0.6) is 0 Å². The number of anilines is 1. The maximum absolute atomic E-state index is 15.3. The molecule has 0 aromatic heterocycles.